The zero-order valence-electron chi connectivity index (χ0n) is 17.4. The van der Waals surface area contributed by atoms with E-state index in [9.17, 15) is 4.79 Å². The molecule has 0 saturated carbocycles. The predicted octanol–water partition coefficient (Wildman–Crippen LogP) is 3.54. The lowest BCUT2D eigenvalue weighted by atomic mass is 9.93. The molecule has 2 saturated heterocycles. The Morgan fingerprint density at radius 3 is 2.62 bits per heavy atom. The summed E-state index contributed by atoms with van der Waals surface area (Å²) in [6, 6.07) is 7.72. The van der Waals surface area contributed by atoms with E-state index in [4.69, 9.17) is 13.9 Å². The quantitative estimate of drug-likeness (QED) is 0.663. The van der Waals surface area contributed by atoms with Gasteiger partial charge in [-0.1, -0.05) is 18.2 Å². The molecule has 3 heterocycles. The number of carbonyl (C=O) groups excluding carboxylic acids is 1. The maximum atomic E-state index is 12.6. The van der Waals surface area contributed by atoms with Gasteiger partial charge in [0.25, 0.3) is 0 Å². The number of rotatable bonds is 7. The van der Waals surface area contributed by atoms with Crippen LogP contribution in [0.1, 0.15) is 42.3 Å². The summed E-state index contributed by atoms with van der Waals surface area (Å²) in [6.45, 7) is 10.0. The molecule has 0 aliphatic carbocycles. The Morgan fingerprint density at radius 1 is 1.10 bits per heavy atom. The minimum atomic E-state index is -0.284. The molecule has 0 radical (unpaired) electrons. The Kier molecular flexibility index (Phi) is 6.85. The number of likely N-dealkylation sites (tertiary alicyclic amines) is 1. The van der Waals surface area contributed by atoms with E-state index in [2.05, 4.69) is 9.80 Å². The normalized spacial score (nSPS) is 19.6. The van der Waals surface area contributed by atoms with Crippen molar-refractivity contribution in [2.45, 2.75) is 32.7 Å². The van der Waals surface area contributed by atoms with Crippen LogP contribution in [0.5, 0.6) is 0 Å². The highest BCUT2D eigenvalue weighted by molar-refractivity contribution is 6.04. The van der Waals surface area contributed by atoms with Crippen LogP contribution in [0.25, 0.3) is 11.0 Å². The van der Waals surface area contributed by atoms with Crippen LogP contribution in [0.15, 0.2) is 28.7 Å². The van der Waals surface area contributed by atoms with Gasteiger partial charge in [0.05, 0.1) is 26.4 Å². The highest BCUT2D eigenvalue weighted by Gasteiger charge is 2.26. The molecule has 0 bridgehead atoms. The number of furan rings is 1. The SMILES string of the molecule is CCOC(=O)c1c(CN2CCC(CCN3CCOCC3)CC2)oc2ccccc12. The molecule has 6 nitrogen and oxygen atoms in total. The summed E-state index contributed by atoms with van der Waals surface area (Å²) in [6.07, 6.45) is 3.69. The van der Waals surface area contributed by atoms with Gasteiger partial charge in [-0.05, 0) is 57.8 Å². The van der Waals surface area contributed by atoms with Crippen molar-refractivity contribution in [2.24, 2.45) is 5.92 Å². The Labute approximate surface area is 172 Å². The smallest absolute Gasteiger partial charge is 0.342 e. The third-order valence-corrected chi connectivity index (χ3v) is 6.18. The van der Waals surface area contributed by atoms with E-state index in [0.717, 1.165) is 62.0 Å². The van der Waals surface area contributed by atoms with Crippen LogP contribution in [0.3, 0.4) is 0 Å². The van der Waals surface area contributed by atoms with Crippen LogP contribution in [-0.4, -0.2) is 68.3 Å². The second-order valence-corrected chi connectivity index (χ2v) is 8.08. The first-order chi connectivity index (χ1) is 14.2. The molecule has 158 valence electrons. The number of hydrogen-bond acceptors (Lipinski definition) is 6. The standard InChI is InChI=1S/C23H32N2O4/c1-2-28-23(26)22-19-5-3-4-6-20(19)29-21(22)17-25-11-8-18(9-12-25)7-10-24-13-15-27-16-14-24/h3-6,18H,2,7-17H2,1H3. The number of benzene rings is 1. The molecule has 0 spiro atoms. The van der Waals surface area contributed by atoms with Crippen molar-refractivity contribution in [3.63, 3.8) is 0 Å². The zero-order chi connectivity index (χ0) is 20.1. The van der Waals surface area contributed by atoms with Gasteiger partial charge in [0.15, 0.2) is 0 Å². The van der Waals surface area contributed by atoms with Gasteiger partial charge in [-0.15, -0.1) is 0 Å². The molecule has 4 rings (SSSR count). The number of hydrogen-bond donors (Lipinski definition) is 0. The first kappa shape index (κ1) is 20.4. The summed E-state index contributed by atoms with van der Waals surface area (Å²) in [4.78, 5) is 17.5. The minimum Gasteiger partial charge on any atom is -0.462 e. The molecule has 2 aromatic rings. The highest BCUT2D eigenvalue weighted by atomic mass is 16.5. The van der Waals surface area contributed by atoms with Crippen molar-refractivity contribution in [1.29, 1.82) is 0 Å². The van der Waals surface area contributed by atoms with Crippen molar-refractivity contribution in [1.82, 2.24) is 9.80 Å². The van der Waals surface area contributed by atoms with Crippen LogP contribution in [0.4, 0.5) is 0 Å². The predicted molar refractivity (Wildman–Crippen MR) is 112 cm³/mol. The van der Waals surface area contributed by atoms with Crippen molar-refractivity contribution >= 4 is 16.9 Å². The molecular weight excluding hydrogens is 368 g/mol. The number of para-hydroxylation sites is 1. The fourth-order valence-corrected chi connectivity index (χ4v) is 4.46. The number of esters is 1. The molecule has 2 aliphatic heterocycles. The Morgan fingerprint density at radius 2 is 1.86 bits per heavy atom. The van der Waals surface area contributed by atoms with E-state index in [1.807, 2.05) is 31.2 Å². The molecule has 2 fully saturated rings. The lowest BCUT2D eigenvalue weighted by Crippen LogP contribution is -2.39. The molecule has 0 N–H and O–H groups in total. The molecule has 0 atom stereocenters. The monoisotopic (exact) mass is 400 g/mol. The molecule has 2 aliphatic rings. The average Bonchev–Trinajstić information content (AvgIpc) is 3.12. The summed E-state index contributed by atoms with van der Waals surface area (Å²) < 4.78 is 16.8. The van der Waals surface area contributed by atoms with Crippen LogP contribution in [-0.2, 0) is 16.0 Å². The largest absolute Gasteiger partial charge is 0.462 e. The first-order valence-electron chi connectivity index (χ1n) is 10.9. The van der Waals surface area contributed by atoms with Gasteiger partial charge in [-0.2, -0.15) is 0 Å². The molecule has 0 amide bonds. The van der Waals surface area contributed by atoms with E-state index in [1.165, 1.54) is 25.8 Å². The minimum absolute atomic E-state index is 0.284. The fraction of sp³-hybridized carbons (Fsp3) is 0.609. The van der Waals surface area contributed by atoms with Gasteiger partial charge >= 0.3 is 5.97 Å². The molecule has 29 heavy (non-hydrogen) atoms. The Balaban J connectivity index is 1.35. The maximum Gasteiger partial charge on any atom is 0.342 e. The summed E-state index contributed by atoms with van der Waals surface area (Å²) >= 11 is 0. The van der Waals surface area contributed by atoms with Gasteiger partial charge in [-0.3, -0.25) is 9.80 Å². The molecule has 0 unspecified atom stereocenters. The molecule has 1 aromatic carbocycles. The zero-order valence-corrected chi connectivity index (χ0v) is 17.4. The fourth-order valence-electron chi connectivity index (χ4n) is 4.46. The van der Waals surface area contributed by atoms with Gasteiger partial charge in [0, 0.05) is 18.5 Å². The third kappa shape index (κ3) is 5.00. The van der Waals surface area contributed by atoms with E-state index in [-0.39, 0.29) is 5.97 Å². The number of morpholine rings is 1. The second-order valence-electron chi connectivity index (χ2n) is 8.08. The number of fused-ring (bicyclic) bond motifs is 1. The Hall–Kier alpha value is -1.89. The van der Waals surface area contributed by atoms with Crippen LogP contribution < -0.4 is 0 Å². The summed E-state index contributed by atoms with van der Waals surface area (Å²) in [5.41, 5.74) is 1.35. The average molecular weight is 401 g/mol. The molecule has 6 heteroatoms. The van der Waals surface area contributed by atoms with Gasteiger partial charge in [-0.25, -0.2) is 4.79 Å². The van der Waals surface area contributed by atoms with E-state index >= 15 is 0 Å². The molecular formula is C23H32N2O4. The van der Waals surface area contributed by atoms with Crippen molar-refractivity contribution in [2.75, 3.05) is 52.5 Å². The topological polar surface area (TPSA) is 55.2 Å². The number of nitrogens with zero attached hydrogens (tertiary/aromatic N) is 2. The summed E-state index contributed by atoms with van der Waals surface area (Å²) in [7, 11) is 0. The van der Waals surface area contributed by atoms with E-state index in [0.29, 0.717) is 18.7 Å². The van der Waals surface area contributed by atoms with Crippen molar-refractivity contribution in [3.8, 4) is 0 Å². The van der Waals surface area contributed by atoms with Crippen molar-refractivity contribution in [3.05, 3.63) is 35.6 Å². The third-order valence-electron chi connectivity index (χ3n) is 6.18. The second kappa shape index (κ2) is 9.74. The van der Waals surface area contributed by atoms with Crippen LogP contribution in [0, 0.1) is 5.92 Å². The van der Waals surface area contributed by atoms with Crippen LogP contribution in [0.2, 0.25) is 0 Å². The van der Waals surface area contributed by atoms with Crippen molar-refractivity contribution < 1.29 is 18.7 Å². The Bertz CT molecular complexity index is 804. The number of piperidine rings is 1. The van der Waals surface area contributed by atoms with Gasteiger partial charge in [0.1, 0.15) is 16.9 Å². The number of ether oxygens (including phenoxy) is 2. The summed E-state index contributed by atoms with van der Waals surface area (Å²) in [5, 5.41) is 0.848. The summed E-state index contributed by atoms with van der Waals surface area (Å²) in [5.74, 6) is 1.23. The van der Waals surface area contributed by atoms with E-state index in [1.54, 1.807) is 0 Å². The van der Waals surface area contributed by atoms with Gasteiger partial charge < -0.3 is 13.9 Å². The van der Waals surface area contributed by atoms with E-state index < -0.39 is 0 Å². The maximum absolute atomic E-state index is 12.6. The lowest BCUT2D eigenvalue weighted by Gasteiger charge is -2.33. The van der Waals surface area contributed by atoms with Crippen LogP contribution >= 0.6 is 0 Å². The van der Waals surface area contributed by atoms with Gasteiger partial charge in [0.2, 0.25) is 0 Å². The first-order valence-corrected chi connectivity index (χ1v) is 10.9. The molecule has 1 aromatic heterocycles. The highest BCUT2D eigenvalue weighted by Crippen LogP contribution is 2.29. The number of carbonyl (C=O) groups is 1. The lowest BCUT2D eigenvalue weighted by molar-refractivity contribution is 0.0333.